The fraction of sp³-hybridized carbons (Fsp3) is 0.222. The van der Waals surface area contributed by atoms with E-state index >= 15 is 0 Å². The van der Waals surface area contributed by atoms with Gasteiger partial charge in [0.25, 0.3) is 11.8 Å². The molecule has 1 atom stereocenters. The zero-order chi connectivity index (χ0) is 25.3. The monoisotopic (exact) mass is 492 g/mol. The van der Waals surface area contributed by atoms with Gasteiger partial charge in [-0.1, -0.05) is 18.2 Å². The molecule has 1 N–H and O–H groups in total. The lowest BCUT2D eigenvalue weighted by molar-refractivity contribution is -0.137. The van der Waals surface area contributed by atoms with Gasteiger partial charge in [-0.3, -0.25) is 9.59 Å². The van der Waals surface area contributed by atoms with Gasteiger partial charge in [0.15, 0.2) is 0 Å². The number of alkyl halides is 3. The number of hydrogen-bond donors (Lipinski definition) is 1. The Morgan fingerprint density at radius 3 is 2.58 bits per heavy atom. The fourth-order valence-corrected chi connectivity index (χ4v) is 4.48. The number of amides is 2. The molecule has 2 aromatic heterocycles. The van der Waals surface area contributed by atoms with Crippen molar-refractivity contribution in [1.82, 2.24) is 19.6 Å². The number of imidazole rings is 1. The van der Waals surface area contributed by atoms with Crippen LogP contribution in [0.4, 0.5) is 13.2 Å². The molecule has 4 aromatic rings. The number of halogens is 3. The van der Waals surface area contributed by atoms with E-state index in [9.17, 15) is 22.8 Å². The van der Waals surface area contributed by atoms with Crippen LogP contribution >= 0.6 is 0 Å². The van der Waals surface area contributed by atoms with Crippen LogP contribution in [0.25, 0.3) is 5.65 Å². The summed E-state index contributed by atoms with van der Waals surface area (Å²) in [7, 11) is 0. The molecule has 1 unspecified atom stereocenters. The van der Waals surface area contributed by atoms with Crippen molar-refractivity contribution in [3.63, 3.8) is 0 Å². The van der Waals surface area contributed by atoms with Crippen molar-refractivity contribution in [2.24, 2.45) is 0 Å². The number of benzene rings is 2. The number of likely N-dealkylation sites (tertiary alicyclic amines) is 1. The molecule has 0 aliphatic carbocycles. The number of nitrogens with zero attached hydrogens (tertiary/aromatic N) is 3. The average molecular weight is 493 g/mol. The molecule has 184 valence electrons. The fourth-order valence-electron chi connectivity index (χ4n) is 4.48. The molecular weight excluding hydrogens is 469 g/mol. The highest BCUT2D eigenvalue weighted by molar-refractivity contribution is 5.95. The van der Waals surface area contributed by atoms with Crippen LogP contribution in [0.1, 0.15) is 49.7 Å². The van der Waals surface area contributed by atoms with Crippen molar-refractivity contribution < 1.29 is 22.8 Å². The summed E-state index contributed by atoms with van der Waals surface area (Å²) in [6.45, 7) is 1.25. The summed E-state index contributed by atoms with van der Waals surface area (Å²) in [6, 6.07) is 15.6. The van der Waals surface area contributed by atoms with Crippen LogP contribution in [0.3, 0.4) is 0 Å². The first kappa shape index (κ1) is 23.6. The Labute approximate surface area is 205 Å². The van der Waals surface area contributed by atoms with Gasteiger partial charge < -0.3 is 14.6 Å². The molecule has 9 heteroatoms. The number of pyridine rings is 1. The molecule has 2 aromatic carbocycles. The number of aromatic nitrogens is 2. The second-order valence-corrected chi connectivity index (χ2v) is 8.85. The van der Waals surface area contributed by atoms with Crippen molar-refractivity contribution in [3.8, 4) is 0 Å². The summed E-state index contributed by atoms with van der Waals surface area (Å²) in [5, 5.41) is 2.91. The normalized spacial score (nSPS) is 15.9. The van der Waals surface area contributed by atoms with E-state index in [2.05, 4.69) is 10.3 Å². The van der Waals surface area contributed by atoms with Gasteiger partial charge in [0.05, 0.1) is 5.56 Å². The van der Waals surface area contributed by atoms with Gasteiger partial charge in [-0.15, -0.1) is 0 Å². The van der Waals surface area contributed by atoms with Crippen molar-refractivity contribution in [3.05, 3.63) is 107 Å². The van der Waals surface area contributed by atoms with Crippen LogP contribution < -0.4 is 5.32 Å². The van der Waals surface area contributed by atoms with Crippen molar-refractivity contribution in [1.29, 1.82) is 0 Å². The second-order valence-electron chi connectivity index (χ2n) is 8.85. The largest absolute Gasteiger partial charge is 0.416 e. The molecular formula is C27H23F3N4O2. The lowest BCUT2D eigenvalue weighted by atomic mass is 9.97. The minimum atomic E-state index is -4.49. The topological polar surface area (TPSA) is 66.7 Å². The highest BCUT2D eigenvalue weighted by atomic mass is 19.4. The molecule has 5 rings (SSSR count). The number of hydrogen-bond acceptors (Lipinski definition) is 3. The Balaban J connectivity index is 1.18. The second kappa shape index (κ2) is 9.49. The van der Waals surface area contributed by atoms with Gasteiger partial charge in [0.2, 0.25) is 0 Å². The van der Waals surface area contributed by atoms with Gasteiger partial charge in [-0.25, -0.2) is 4.98 Å². The van der Waals surface area contributed by atoms with Crippen LogP contribution in [0.5, 0.6) is 0 Å². The third-order valence-electron chi connectivity index (χ3n) is 6.47. The third kappa shape index (κ3) is 4.95. The number of carbonyl (C=O) groups is 2. The molecule has 0 radical (unpaired) electrons. The van der Waals surface area contributed by atoms with Gasteiger partial charge in [0.1, 0.15) is 5.65 Å². The minimum Gasteiger partial charge on any atom is -0.348 e. The lowest BCUT2D eigenvalue weighted by Gasteiger charge is -2.18. The molecule has 6 nitrogen and oxygen atoms in total. The van der Waals surface area contributed by atoms with Crippen LogP contribution in [-0.2, 0) is 12.7 Å². The Bertz CT molecular complexity index is 1410. The van der Waals surface area contributed by atoms with Crippen LogP contribution in [0.15, 0.2) is 79.3 Å². The Morgan fingerprint density at radius 2 is 1.81 bits per heavy atom. The minimum absolute atomic E-state index is 0.0318. The average Bonchev–Trinajstić information content (AvgIpc) is 3.56. The Hall–Kier alpha value is -4.14. The van der Waals surface area contributed by atoms with Crippen molar-refractivity contribution >= 4 is 17.5 Å². The molecule has 1 aliphatic heterocycles. The quantitative estimate of drug-likeness (QED) is 0.431. The summed E-state index contributed by atoms with van der Waals surface area (Å²) in [6.07, 6.45) is 1.66. The first-order valence-corrected chi connectivity index (χ1v) is 11.5. The first-order valence-electron chi connectivity index (χ1n) is 11.5. The molecule has 36 heavy (non-hydrogen) atoms. The molecule has 3 heterocycles. The number of fused-ring (bicyclic) bond motifs is 1. The molecule has 2 amide bonds. The van der Waals surface area contributed by atoms with E-state index < -0.39 is 17.6 Å². The van der Waals surface area contributed by atoms with Gasteiger partial charge in [-0.05, 0) is 60.0 Å². The summed E-state index contributed by atoms with van der Waals surface area (Å²) in [5.41, 5.74) is 2.45. The van der Waals surface area contributed by atoms with E-state index in [1.54, 1.807) is 23.2 Å². The maximum Gasteiger partial charge on any atom is 0.416 e. The Kier molecular flexibility index (Phi) is 6.22. The summed E-state index contributed by atoms with van der Waals surface area (Å²) < 4.78 is 40.9. The van der Waals surface area contributed by atoms with Crippen LogP contribution in [-0.4, -0.2) is 39.2 Å². The molecule has 1 aliphatic rings. The van der Waals surface area contributed by atoms with Gasteiger partial charge >= 0.3 is 6.18 Å². The van der Waals surface area contributed by atoms with E-state index in [1.807, 2.05) is 41.1 Å². The van der Waals surface area contributed by atoms with Crippen molar-refractivity contribution in [2.75, 3.05) is 13.1 Å². The van der Waals surface area contributed by atoms with Crippen LogP contribution in [0.2, 0.25) is 0 Å². The molecule has 0 bridgehead atoms. The highest BCUT2D eigenvalue weighted by Crippen LogP contribution is 2.31. The maximum absolute atomic E-state index is 13.0. The number of carbonyl (C=O) groups excluding carboxylic acids is 2. The zero-order valence-electron chi connectivity index (χ0n) is 19.2. The van der Waals surface area contributed by atoms with Gasteiger partial charge in [0, 0.05) is 55.3 Å². The third-order valence-corrected chi connectivity index (χ3v) is 6.47. The standard InChI is InChI=1S/C27H23F3N4O2/c28-27(29,30)23-3-1-2-21(15-23)26(36)34-12-9-22(17-34)19-4-6-20(7-5-19)25(35)32-16-18-8-11-33-13-10-31-24(33)14-18/h1-8,10-11,13-15,22H,9,12,16-17H2,(H,32,35). The van der Waals surface area contributed by atoms with E-state index in [0.29, 0.717) is 31.6 Å². The highest BCUT2D eigenvalue weighted by Gasteiger charge is 2.32. The predicted octanol–water partition coefficient (Wildman–Crippen LogP) is 4.91. The van der Waals surface area contributed by atoms with E-state index in [0.717, 1.165) is 28.9 Å². The lowest BCUT2D eigenvalue weighted by Crippen LogP contribution is -2.28. The zero-order valence-corrected chi connectivity index (χ0v) is 19.2. The van der Waals surface area contributed by atoms with Gasteiger partial charge in [-0.2, -0.15) is 13.2 Å². The summed E-state index contributed by atoms with van der Waals surface area (Å²) >= 11 is 0. The summed E-state index contributed by atoms with van der Waals surface area (Å²) in [5.74, 6) is -0.552. The van der Waals surface area contributed by atoms with Crippen molar-refractivity contribution in [2.45, 2.75) is 25.1 Å². The van der Waals surface area contributed by atoms with Crippen LogP contribution in [0, 0.1) is 0 Å². The van der Waals surface area contributed by atoms with E-state index in [1.165, 1.54) is 12.1 Å². The molecule has 0 saturated carbocycles. The predicted molar refractivity (Wildman–Crippen MR) is 128 cm³/mol. The first-order chi connectivity index (χ1) is 17.3. The van der Waals surface area contributed by atoms with E-state index in [-0.39, 0.29) is 17.4 Å². The SMILES string of the molecule is O=C(NCc1ccn2ccnc2c1)c1ccc(C2CCN(C(=O)c3cccc(C(F)(F)F)c3)C2)cc1. The molecule has 1 saturated heterocycles. The molecule has 1 fully saturated rings. The maximum atomic E-state index is 13.0. The molecule has 0 spiro atoms. The summed E-state index contributed by atoms with van der Waals surface area (Å²) in [4.78, 5) is 31.2. The smallest absolute Gasteiger partial charge is 0.348 e. The Morgan fingerprint density at radius 1 is 1.00 bits per heavy atom. The number of rotatable bonds is 5. The number of nitrogens with one attached hydrogen (secondary N) is 1. The van der Waals surface area contributed by atoms with E-state index in [4.69, 9.17) is 0 Å².